The summed E-state index contributed by atoms with van der Waals surface area (Å²) in [7, 11) is 0. The van der Waals surface area contributed by atoms with Crippen molar-refractivity contribution in [3.05, 3.63) is 12.2 Å². The van der Waals surface area contributed by atoms with E-state index >= 15 is 0 Å². The van der Waals surface area contributed by atoms with Gasteiger partial charge in [0.2, 0.25) is 11.8 Å². The first-order valence-corrected chi connectivity index (χ1v) is 6.98. The highest BCUT2D eigenvalue weighted by atomic mass is 16.2. The lowest BCUT2D eigenvalue weighted by Gasteiger charge is -2.23. The Morgan fingerprint density at radius 3 is 2.44 bits per heavy atom. The molecule has 4 heteroatoms. The van der Waals surface area contributed by atoms with E-state index in [9.17, 15) is 9.59 Å². The largest absolute Gasteiger partial charge is 0.317 e. The number of amides is 2. The molecule has 1 heterocycles. The average molecular weight is 248 g/mol. The molecule has 3 unspecified atom stereocenters. The van der Waals surface area contributed by atoms with Crippen molar-refractivity contribution in [2.45, 2.75) is 25.7 Å². The summed E-state index contributed by atoms with van der Waals surface area (Å²) in [6, 6.07) is 0. The zero-order valence-corrected chi connectivity index (χ0v) is 10.5. The lowest BCUT2D eigenvalue weighted by molar-refractivity contribution is -0.135. The standard InChI is InChI=1S/C14H20N2O2/c17-13(10-3-5-15-6-4-10)16-14(18)12-8-9-1-2-11(12)7-9/h1-2,9-12,15H,3-8H2,(H,16,17,18). The Bertz CT molecular complexity index is 385. The molecule has 0 aromatic carbocycles. The highest BCUT2D eigenvalue weighted by molar-refractivity contribution is 5.97. The van der Waals surface area contributed by atoms with Gasteiger partial charge in [-0.1, -0.05) is 12.2 Å². The van der Waals surface area contributed by atoms with Gasteiger partial charge >= 0.3 is 0 Å². The van der Waals surface area contributed by atoms with Gasteiger partial charge in [0, 0.05) is 11.8 Å². The Kier molecular flexibility index (Phi) is 3.20. The van der Waals surface area contributed by atoms with Crippen LogP contribution in [0.5, 0.6) is 0 Å². The second-order valence-corrected chi connectivity index (χ2v) is 5.76. The highest BCUT2D eigenvalue weighted by Crippen LogP contribution is 2.43. The van der Waals surface area contributed by atoms with Crippen molar-refractivity contribution >= 4 is 11.8 Å². The molecule has 3 atom stereocenters. The van der Waals surface area contributed by atoms with E-state index in [-0.39, 0.29) is 23.7 Å². The van der Waals surface area contributed by atoms with Gasteiger partial charge in [-0.3, -0.25) is 14.9 Å². The minimum Gasteiger partial charge on any atom is -0.317 e. The summed E-state index contributed by atoms with van der Waals surface area (Å²) < 4.78 is 0. The van der Waals surface area contributed by atoms with E-state index in [0.717, 1.165) is 38.8 Å². The predicted octanol–water partition coefficient (Wildman–Crippen LogP) is 0.841. The molecule has 0 aromatic rings. The number of piperidine rings is 1. The topological polar surface area (TPSA) is 58.2 Å². The number of fused-ring (bicyclic) bond motifs is 2. The molecule has 98 valence electrons. The van der Waals surface area contributed by atoms with Crippen LogP contribution in [0.4, 0.5) is 0 Å². The fourth-order valence-corrected chi connectivity index (χ4v) is 3.48. The van der Waals surface area contributed by atoms with Crippen LogP contribution >= 0.6 is 0 Å². The molecule has 2 amide bonds. The van der Waals surface area contributed by atoms with Crippen molar-refractivity contribution in [2.24, 2.45) is 23.7 Å². The molecule has 1 saturated heterocycles. The zero-order valence-electron chi connectivity index (χ0n) is 10.5. The smallest absolute Gasteiger partial charge is 0.230 e. The first-order chi connectivity index (χ1) is 8.74. The van der Waals surface area contributed by atoms with Crippen molar-refractivity contribution in [2.75, 3.05) is 13.1 Å². The van der Waals surface area contributed by atoms with Gasteiger partial charge in [-0.25, -0.2) is 0 Å². The molecule has 1 saturated carbocycles. The number of imide groups is 1. The van der Waals surface area contributed by atoms with Crippen molar-refractivity contribution in [1.82, 2.24) is 10.6 Å². The molecule has 4 nitrogen and oxygen atoms in total. The Balaban J connectivity index is 1.54. The van der Waals surface area contributed by atoms with Crippen LogP contribution in [0.3, 0.4) is 0 Å². The first kappa shape index (κ1) is 11.9. The quantitative estimate of drug-likeness (QED) is 0.562. The van der Waals surface area contributed by atoms with Crippen LogP contribution in [0.25, 0.3) is 0 Å². The lowest BCUT2D eigenvalue weighted by atomic mass is 9.92. The second-order valence-electron chi connectivity index (χ2n) is 5.76. The van der Waals surface area contributed by atoms with E-state index in [1.807, 2.05) is 0 Å². The second kappa shape index (κ2) is 4.84. The van der Waals surface area contributed by atoms with Crippen molar-refractivity contribution < 1.29 is 9.59 Å². The first-order valence-electron chi connectivity index (χ1n) is 6.98. The Labute approximate surface area is 107 Å². The zero-order chi connectivity index (χ0) is 12.5. The highest BCUT2D eigenvalue weighted by Gasteiger charge is 2.40. The lowest BCUT2D eigenvalue weighted by Crippen LogP contribution is -2.43. The third-order valence-corrected chi connectivity index (χ3v) is 4.57. The molecule has 0 spiro atoms. The number of hydrogen-bond donors (Lipinski definition) is 2. The fraction of sp³-hybridized carbons (Fsp3) is 0.714. The summed E-state index contributed by atoms with van der Waals surface area (Å²) in [4.78, 5) is 24.1. The minimum atomic E-state index is -0.0618. The summed E-state index contributed by atoms with van der Waals surface area (Å²) in [5, 5.41) is 5.86. The van der Waals surface area contributed by atoms with Gasteiger partial charge in [0.25, 0.3) is 0 Å². The molecule has 1 aliphatic heterocycles. The molecule has 2 aliphatic carbocycles. The minimum absolute atomic E-state index is 0.0179. The van der Waals surface area contributed by atoms with Crippen LogP contribution in [0, 0.1) is 23.7 Å². The SMILES string of the molecule is O=C(NC(=O)C1CC2C=CC1C2)C1CCNCC1. The summed E-state index contributed by atoms with van der Waals surface area (Å²) >= 11 is 0. The Morgan fingerprint density at radius 2 is 1.83 bits per heavy atom. The number of rotatable bonds is 2. The van der Waals surface area contributed by atoms with Crippen molar-refractivity contribution in [1.29, 1.82) is 0 Å². The van der Waals surface area contributed by atoms with Crippen LogP contribution in [0.1, 0.15) is 25.7 Å². The van der Waals surface area contributed by atoms with Crippen LogP contribution in [0.2, 0.25) is 0 Å². The average Bonchev–Trinajstić information content (AvgIpc) is 3.02. The van der Waals surface area contributed by atoms with Crippen molar-refractivity contribution in [3.63, 3.8) is 0 Å². The van der Waals surface area contributed by atoms with E-state index in [1.54, 1.807) is 0 Å². The van der Waals surface area contributed by atoms with Gasteiger partial charge in [0.1, 0.15) is 0 Å². The van der Waals surface area contributed by atoms with Crippen molar-refractivity contribution in [3.8, 4) is 0 Å². The Hall–Kier alpha value is -1.16. The third kappa shape index (κ3) is 2.21. The van der Waals surface area contributed by atoms with Gasteiger partial charge in [0.15, 0.2) is 0 Å². The normalized spacial score (nSPS) is 34.8. The van der Waals surface area contributed by atoms with E-state index in [2.05, 4.69) is 22.8 Å². The van der Waals surface area contributed by atoms with Gasteiger partial charge < -0.3 is 5.32 Å². The van der Waals surface area contributed by atoms with Crippen LogP contribution < -0.4 is 10.6 Å². The van der Waals surface area contributed by atoms with Gasteiger partial charge in [-0.15, -0.1) is 0 Å². The Morgan fingerprint density at radius 1 is 1.06 bits per heavy atom. The third-order valence-electron chi connectivity index (χ3n) is 4.57. The molecule has 0 aromatic heterocycles. The van der Waals surface area contributed by atoms with Gasteiger partial charge in [-0.05, 0) is 50.6 Å². The predicted molar refractivity (Wildman–Crippen MR) is 67.6 cm³/mol. The summed E-state index contributed by atoms with van der Waals surface area (Å²) in [5.41, 5.74) is 0. The maximum atomic E-state index is 12.1. The van der Waals surface area contributed by atoms with E-state index < -0.39 is 0 Å². The molecule has 3 rings (SSSR count). The summed E-state index contributed by atoms with van der Waals surface area (Å²) in [6.45, 7) is 1.76. The number of carbonyl (C=O) groups is 2. The number of allylic oxidation sites excluding steroid dienone is 2. The summed E-state index contributed by atoms with van der Waals surface area (Å²) in [5.74, 6) is 0.884. The van der Waals surface area contributed by atoms with Crippen LogP contribution in [-0.2, 0) is 9.59 Å². The monoisotopic (exact) mass is 248 g/mol. The van der Waals surface area contributed by atoms with Gasteiger partial charge in [-0.2, -0.15) is 0 Å². The van der Waals surface area contributed by atoms with E-state index in [1.165, 1.54) is 0 Å². The van der Waals surface area contributed by atoms with E-state index in [4.69, 9.17) is 0 Å². The number of hydrogen-bond acceptors (Lipinski definition) is 3. The maximum Gasteiger partial charge on any atom is 0.230 e. The maximum absolute atomic E-state index is 12.1. The van der Waals surface area contributed by atoms with Crippen LogP contribution in [-0.4, -0.2) is 24.9 Å². The molecule has 18 heavy (non-hydrogen) atoms. The molecular weight excluding hydrogens is 228 g/mol. The number of nitrogens with one attached hydrogen (secondary N) is 2. The van der Waals surface area contributed by atoms with Gasteiger partial charge in [0.05, 0.1) is 0 Å². The molecule has 3 aliphatic rings. The molecule has 2 bridgehead atoms. The molecule has 0 radical (unpaired) electrons. The van der Waals surface area contributed by atoms with E-state index in [0.29, 0.717) is 11.8 Å². The molecule has 2 N–H and O–H groups in total. The summed E-state index contributed by atoms with van der Waals surface area (Å²) in [6.07, 6.45) is 8.06. The molecular formula is C14H20N2O2. The fourth-order valence-electron chi connectivity index (χ4n) is 3.48. The van der Waals surface area contributed by atoms with Crippen LogP contribution in [0.15, 0.2) is 12.2 Å². The number of carbonyl (C=O) groups excluding carboxylic acids is 2. The molecule has 2 fully saturated rings.